The van der Waals surface area contributed by atoms with Gasteiger partial charge in [0.25, 0.3) is 0 Å². The van der Waals surface area contributed by atoms with Crippen molar-refractivity contribution in [2.45, 2.75) is 18.2 Å². The van der Waals surface area contributed by atoms with Gasteiger partial charge in [-0.3, -0.25) is 4.79 Å². The molecule has 1 rings (SSSR count). The highest BCUT2D eigenvalue weighted by molar-refractivity contribution is 9.09. The lowest BCUT2D eigenvalue weighted by atomic mass is 9.99. The van der Waals surface area contributed by atoms with Gasteiger partial charge in [-0.25, -0.2) is 0 Å². The fourth-order valence-corrected chi connectivity index (χ4v) is 2.51. The van der Waals surface area contributed by atoms with Crippen LogP contribution in [0.2, 0.25) is 0 Å². The summed E-state index contributed by atoms with van der Waals surface area (Å²) >= 11 is 5.21. The Hall–Kier alpha value is 0.300. The van der Waals surface area contributed by atoms with Crippen LogP contribution in [0.4, 0.5) is 0 Å². The maximum atomic E-state index is 11.5. The Balaban J connectivity index is 2.40. The molecule has 1 aliphatic rings. The quantitative estimate of drug-likeness (QED) is 0.712. The highest BCUT2D eigenvalue weighted by Crippen LogP contribution is 2.23. The van der Waals surface area contributed by atoms with Crippen molar-refractivity contribution in [3.8, 4) is 0 Å². The normalized spacial score (nSPS) is 29.0. The zero-order valence-electron chi connectivity index (χ0n) is 8.12. The molecule has 0 aromatic rings. The number of hydrogen-bond acceptors (Lipinski definition) is 2. The van der Waals surface area contributed by atoms with Gasteiger partial charge in [0, 0.05) is 17.9 Å². The Kier molecular flexibility index (Phi) is 4.59. The third-order valence-electron chi connectivity index (χ3n) is 2.49. The highest BCUT2D eigenvalue weighted by Gasteiger charge is 2.26. The molecule has 0 aliphatic carbocycles. The van der Waals surface area contributed by atoms with E-state index in [4.69, 9.17) is 0 Å². The summed E-state index contributed by atoms with van der Waals surface area (Å²) in [6.07, 6.45) is 3.09. The summed E-state index contributed by atoms with van der Waals surface area (Å²) in [4.78, 5) is 14.0. The van der Waals surface area contributed by atoms with Gasteiger partial charge in [0.05, 0.1) is 5.75 Å². The van der Waals surface area contributed by atoms with Gasteiger partial charge < -0.3 is 4.90 Å². The summed E-state index contributed by atoms with van der Waals surface area (Å²) in [5, 5.41) is 0. The van der Waals surface area contributed by atoms with E-state index in [9.17, 15) is 4.79 Å². The Morgan fingerprint density at radius 1 is 1.69 bits per heavy atom. The van der Waals surface area contributed by atoms with Crippen LogP contribution < -0.4 is 0 Å². The van der Waals surface area contributed by atoms with Crippen molar-refractivity contribution in [2.75, 3.05) is 25.1 Å². The number of amides is 1. The van der Waals surface area contributed by atoms with E-state index < -0.39 is 0 Å². The summed E-state index contributed by atoms with van der Waals surface area (Å²) in [7, 11) is 0. The van der Waals surface area contributed by atoms with Crippen LogP contribution in [0.1, 0.15) is 13.3 Å². The number of piperidine rings is 1. The largest absolute Gasteiger partial charge is 0.341 e. The first kappa shape index (κ1) is 11.4. The van der Waals surface area contributed by atoms with Crippen LogP contribution in [0.25, 0.3) is 0 Å². The average Bonchev–Trinajstić information content (AvgIpc) is 2.10. The zero-order chi connectivity index (χ0) is 9.84. The lowest BCUT2D eigenvalue weighted by Crippen LogP contribution is -2.44. The van der Waals surface area contributed by atoms with Gasteiger partial charge in [0.1, 0.15) is 0 Å². The average molecular weight is 266 g/mol. The number of thioether (sulfide) groups is 1. The minimum absolute atomic E-state index is 0.281. The van der Waals surface area contributed by atoms with Crippen LogP contribution in [0.5, 0.6) is 0 Å². The van der Waals surface area contributed by atoms with Crippen molar-refractivity contribution in [2.24, 2.45) is 5.92 Å². The number of nitrogens with zero attached hydrogens (tertiary/aromatic N) is 1. The lowest BCUT2D eigenvalue weighted by Gasteiger charge is -2.34. The number of carbonyl (C=O) groups is 1. The second-order valence-corrected chi connectivity index (χ2v) is 5.60. The van der Waals surface area contributed by atoms with E-state index in [-0.39, 0.29) is 5.91 Å². The van der Waals surface area contributed by atoms with Crippen molar-refractivity contribution in [1.29, 1.82) is 0 Å². The van der Waals surface area contributed by atoms with Gasteiger partial charge in [-0.15, -0.1) is 0 Å². The molecule has 2 atom stereocenters. The van der Waals surface area contributed by atoms with E-state index in [1.165, 1.54) is 0 Å². The molecule has 13 heavy (non-hydrogen) atoms. The first-order chi connectivity index (χ1) is 6.15. The van der Waals surface area contributed by atoms with Crippen molar-refractivity contribution in [3.05, 3.63) is 0 Å². The van der Waals surface area contributed by atoms with Gasteiger partial charge >= 0.3 is 0 Å². The molecule has 2 nitrogen and oxygen atoms in total. The molecule has 1 amide bonds. The van der Waals surface area contributed by atoms with Crippen molar-refractivity contribution in [1.82, 2.24) is 4.90 Å². The fourth-order valence-electron chi connectivity index (χ4n) is 1.46. The van der Waals surface area contributed by atoms with E-state index in [0.29, 0.717) is 16.5 Å². The minimum Gasteiger partial charge on any atom is -0.341 e. The third-order valence-corrected chi connectivity index (χ3v) is 4.21. The Labute approximate surface area is 92.6 Å². The molecule has 76 valence electrons. The van der Waals surface area contributed by atoms with Crippen LogP contribution >= 0.6 is 27.7 Å². The summed E-state index contributed by atoms with van der Waals surface area (Å²) in [5.41, 5.74) is 0. The number of carbonyl (C=O) groups excluding carboxylic acids is 1. The first-order valence-corrected chi connectivity index (χ1v) is 6.87. The van der Waals surface area contributed by atoms with Gasteiger partial charge in [-0.1, -0.05) is 22.9 Å². The number of rotatable bonds is 2. The SMILES string of the molecule is CSCC(=O)N1CCC(C)C(Br)C1. The Morgan fingerprint density at radius 2 is 2.38 bits per heavy atom. The lowest BCUT2D eigenvalue weighted by molar-refractivity contribution is -0.129. The molecule has 1 heterocycles. The molecule has 0 aromatic heterocycles. The standard InChI is InChI=1S/C9H16BrNOS/c1-7-3-4-11(5-8(7)10)9(12)6-13-2/h7-8H,3-6H2,1-2H3. The number of hydrogen-bond donors (Lipinski definition) is 0. The Morgan fingerprint density at radius 3 is 2.92 bits per heavy atom. The summed E-state index contributed by atoms with van der Waals surface area (Å²) in [5.74, 6) is 1.59. The van der Waals surface area contributed by atoms with Crippen LogP contribution in [-0.4, -0.2) is 40.7 Å². The minimum atomic E-state index is 0.281. The van der Waals surface area contributed by atoms with Crippen molar-refractivity contribution < 1.29 is 4.79 Å². The maximum Gasteiger partial charge on any atom is 0.232 e. The van der Waals surface area contributed by atoms with E-state index in [1.54, 1.807) is 11.8 Å². The zero-order valence-corrected chi connectivity index (χ0v) is 10.5. The molecule has 4 heteroatoms. The smallest absolute Gasteiger partial charge is 0.232 e. The molecule has 0 saturated carbocycles. The predicted octanol–water partition coefficient (Wildman–Crippen LogP) is 1.98. The van der Waals surface area contributed by atoms with E-state index in [1.807, 2.05) is 11.2 Å². The maximum absolute atomic E-state index is 11.5. The fraction of sp³-hybridized carbons (Fsp3) is 0.889. The molecular formula is C9H16BrNOS. The summed E-state index contributed by atoms with van der Waals surface area (Å²) in [6.45, 7) is 4.04. The number of halogens is 1. The van der Waals surface area contributed by atoms with E-state index >= 15 is 0 Å². The van der Waals surface area contributed by atoms with Crippen LogP contribution in [-0.2, 0) is 4.79 Å². The molecule has 0 bridgehead atoms. The topological polar surface area (TPSA) is 20.3 Å². The van der Waals surface area contributed by atoms with Crippen molar-refractivity contribution >= 4 is 33.6 Å². The van der Waals surface area contributed by atoms with Crippen LogP contribution in [0.3, 0.4) is 0 Å². The summed E-state index contributed by atoms with van der Waals surface area (Å²) < 4.78 is 0. The molecule has 0 radical (unpaired) electrons. The molecular weight excluding hydrogens is 250 g/mol. The third kappa shape index (κ3) is 3.17. The van der Waals surface area contributed by atoms with Gasteiger partial charge in [-0.05, 0) is 18.6 Å². The number of alkyl halides is 1. The van der Waals surface area contributed by atoms with Crippen LogP contribution in [0, 0.1) is 5.92 Å². The van der Waals surface area contributed by atoms with E-state index in [0.717, 1.165) is 19.5 Å². The van der Waals surface area contributed by atoms with Crippen LogP contribution in [0.15, 0.2) is 0 Å². The van der Waals surface area contributed by atoms with Crippen molar-refractivity contribution in [3.63, 3.8) is 0 Å². The van der Waals surface area contributed by atoms with Gasteiger partial charge in [-0.2, -0.15) is 11.8 Å². The molecule has 1 aliphatic heterocycles. The molecule has 0 aromatic carbocycles. The van der Waals surface area contributed by atoms with E-state index in [2.05, 4.69) is 22.9 Å². The molecule has 1 saturated heterocycles. The monoisotopic (exact) mass is 265 g/mol. The first-order valence-electron chi connectivity index (χ1n) is 4.56. The predicted molar refractivity (Wildman–Crippen MR) is 61.5 cm³/mol. The van der Waals surface area contributed by atoms with Gasteiger partial charge in [0.15, 0.2) is 0 Å². The molecule has 1 fully saturated rings. The van der Waals surface area contributed by atoms with Gasteiger partial charge in [0.2, 0.25) is 5.91 Å². The highest BCUT2D eigenvalue weighted by atomic mass is 79.9. The summed E-state index contributed by atoms with van der Waals surface area (Å²) in [6, 6.07) is 0. The number of likely N-dealkylation sites (tertiary alicyclic amines) is 1. The molecule has 0 N–H and O–H groups in total. The molecule has 2 unspecified atom stereocenters. The second-order valence-electron chi connectivity index (χ2n) is 3.55. The molecule has 0 spiro atoms. The Bertz CT molecular complexity index is 188. The second kappa shape index (κ2) is 5.25.